The Balaban J connectivity index is 2.73. The van der Waals surface area contributed by atoms with Crippen LogP contribution in [0.15, 0.2) is 24.3 Å². The number of hydrogen-bond donors (Lipinski definition) is 0. The van der Waals surface area contributed by atoms with Gasteiger partial charge in [0.1, 0.15) is 5.75 Å². The summed E-state index contributed by atoms with van der Waals surface area (Å²) in [4.78, 5) is 11.0. The van der Waals surface area contributed by atoms with Crippen LogP contribution in [0, 0.1) is 0 Å². The number of benzene rings is 1. The van der Waals surface area contributed by atoms with Gasteiger partial charge in [-0.3, -0.25) is 9.10 Å². The van der Waals surface area contributed by atoms with Crippen molar-refractivity contribution in [2.75, 3.05) is 31.3 Å². The molecule has 0 fully saturated rings. The Labute approximate surface area is 119 Å². The first-order chi connectivity index (χ1) is 9.40. The van der Waals surface area contributed by atoms with E-state index < -0.39 is 16.0 Å². The maximum Gasteiger partial charge on any atom is 0.305 e. The molecule has 0 spiro atoms. The molecule has 1 rings (SSSR count). The molecule has 0 heterocycles. The van der Waals surface area contributed by atoms with E-state index in [1.54, 1.807) is 24.3 Å². The van der Waals surface area contributed by atoms with Crippen LogP contribution in [-0.2, 0) is 19.6 Å². The summed E-state index contributed by atoms with van der Waals surface area (Å²) in [6.07, 6.45) is 0.311. The largest absolute Gasteiger partial charge is 0.497 e. The maximum absolute atomic E-state index is 12.1. The molecule has 0 aliphatic heterocycles. The molecule has 0 N–H and O–H groups in total. The molecule has 0 atom stereocenters. The van der Waals surface area contributed by atoms with Crippen LogP contribution < -0.4 is 9.04 Å². The fourth-order valence-electron chi connectivity index (χ4n) is 1.60. The van der Waals surface area contributed by atoms with Gasteiger partial charge in [0, 0.05) is 19.5 Å². The van der Waals surface area contributed by atoms with Crippen molar-refractivity contribution in [1.82, 2.24) is 0 Å². The Morgan fingerprint density at radius 3 is 2.60 bits per heavy atom. The Morgan fingerprint density at radius 2 is 2.00 bits per heavy atom. The molecular formula is C13H19NO5S. The number of anilines is 1. The molecule has 0 radical (unpaired) electrons. The summed E-state index contributed by atoms with van der Waals surface area (Å²) in [7, 11) is 0.797. The number of carbonyl (C=O) groups excluding carboxylic acids is 1. The lowest BCUT2D eigenvalue weighted by molar-refractivity contribution is -0.140. The van der Waals surface area contributed by atoms with Gasteiger partial charge in [-0.05, 0) is 18.6 Å². The van der Waals surface area contributed by atoms with Crippen molar-refractivity contribution in [3.05, 3.63) is 24.3 Å². The Morgan fingerprint density at radius 1 is 1.30 bits per heavy atom. The standard InChI is InChI=1S/C13H19NO5S/c1-14(11-6-4-7-12(10-11)18-2)20(16,17)9-5-8-13(15)19-3/h4,6-7,10H,5,8-9H2,1-3H3. The monoisotopic (exact) mass is 301 g/mol. The summed E-state index contributed by atoms with van der Waals surface area (Å²) in [5.41, 5.74) is 0.516. The highest BCUT2D eigenvalue weighted by Crippen LogP contribution is 2.22. The summed E-state index contributed by atoms with van der Waals surface area (Å²) < 4.78 is 35.0. The van der Waals surface area contributed by atoms with E-state index in [0.29, 0.717) is 11.4 Å². The third-order valence-electron chi connectivity index (χ3n) is 2.85. The molecule has 0 amide bonds. The van der Waals surface area contributed by atoms with Gasteiger partial charge in [0.15, 0.2) is 0 Å². The molecule has 0 unspecified atom stereocenters. The summed E-state index contributed by atoms with van der Waals surface area (Å²) in [5.74, 6) is 0.0545. The van der Waals surface area contributed by atoms with Crippen LogP contribution in [0.5, 0.6) is 5.75 Å². The van der Waals surface area contributed by atoms with E-state index in [1.165, 1.54) is 25.6 Å². The van der Waals surface area contributed by atoms with E-state index in [9.17, 15) is 13.2 Å². The summed E-state index contributed by atoms with van der Waals surface area (Å²) in [6.45, 7) is 0. The average molecular weight is 301 g/mol. The molecule has 6 nitrogen and oxygen atoms in total. The molecule has 1 aromatic rings. The SMILES string of the molecule is COC(=O)CCCS(=O)(=O)N(C)c1cccc(OC)c1. The van der Waals surface area contributed by atoms with E-state index in [1.807, 2.05) is 0 Å². The van der Waals surface area contributed by atoms with Crippen LogP contribution in [0.25, 0.3) is 0 Å². The number of sulfonamides is 1. The van der Waals surface area contributed by atoms with Crippen molar-refractivity contribution < 1.29 is 22.7 Å². The van der Waals surface area contributed by atoms with E-state index in [0.717, 1.165) is 0 Å². The minimum absolute atomic E-state index is 0.0850. The van der Waals surface area contributed by atoms with Crippen LogP contribution in [0.1, 0.15) is 12.8 Å². The van der Waals surface area contributed by atoms with Gasteiger partial charge >= 0.3 is 5.97 Å². The van der Waals surface area contributed by atoms with Crippen LogP contribution in [0.4, 0.5) is 5.69 Å². The van der Waals surface area contributed by atoms with Crippen LogP contribution in [0.2, 0.25) is 0 Å². The average Bonchev–Trinajstić information content (AvgIpc) is 2.46. The van der Waals surface area contributed by atoms with Crippen molar-refractivity contribution in [3.63, 3.8) is 0 Å². The molecule has 0 saturated heterocycles. The van der Waals surface area contributed by atoms with Gasteiger partial charge in [-0.2, -0.15) is 0 Å². The smallest absolute Gasteiger partial charge is 0.305 e. The predicted octanol–water partition coefficient (Wildman–Crippen LogP) is 1.41. The van der Waals surface area contributed by atoms with Crippen molar-refractivity contribution in [3.8, 4) is 5.75 Å². The molecule has 112 valence electrons. The molecule has 0 bridgehead atoms. The van der Waals surface area contributed by atoms with Gasteiger partial charge in [0.05, 0.1) is 25.7 Å². The van der Waals surface area contributed by atoms with E-state index in [-0.39, 0.29) is 18.6 Å². The van der Waals surface area contributed by atoms with Crippen LogP contribution >= 0.6 is 0 Å². The van der Waals surface area contributed by atoms with Gasteiger partial charge in [0.25, 0.3) is 0 Å². The van der Waals surface area contributed by atoms with Crippen molar-refractivity contribution in [2.45, 2.75) is 12.8 Å². The number of nitrogens with zero attached hydrogens (tertiary/aromatic N) is 1. The minimum atomic E-state index is -3.47. The zero-order valence-electron chi connectivity index (χ0n) is 11.8. The van der Waals surface area contributed by atoms with Gasteiger partial charge in [-0.15, -0.1) is 0 Å². The van der Waals surface area contributed by atoms with Gasteiger partial charge in [0.2, 0.25) is 10.0 Å². The molecular weight excluding hydrogens is 282 g/mol. The molecule has 0 aromatic heterocycles. The fraction of sp³-hybridized carbons (Fsp3) is 0.462. The van der Waals surface area contributed by atoms with Crippen molar-refractivity contribution in [1.29, 1.82) is 0 Å². The molecule has 1 aromatic carbocycles. The van der Waals surface area contributed by atoms with Crippen molar-refractivity contribution >= 4 is 21.7 Å². The number of hydrogen-bond acceptors (Lipinski definition) is 5. The lowest BCUT2D eigenvalue weighted by Gasteiger charge is -2.19. The molecule has 0 saturated carbocycles. The summed E-state index contributed by atoms with van der Waals surface area (Å²) >= 11 is 0. The topological polar surface area (TPSA) is 72.9 Å². The lowest BCUT2D eigenvalue weighted by atomic mass is 10.3. The van der Waals surface area contributed by atoms with E-state index in [2.05, 4.69) is 4.74 Å². The Bertz CT molecular complexity index is 556. The highest BCUT2D eigenvalue weighted by Gasteiger charge is 2.19. The summed E-state index contributed by atoms with van der Waals surface area (Å²) in [6, 6.07) is 6.77. The quantitative estimate of drug-likeness (QED) is 0.712. The van der Waals surface area contributed by atoms with Crippen molar-refractivity contribution in [2.24, 2.45) is 0 Å². The zero-order chi connectivity index (χ0) is 15.2. The van der Waals surface area contributed by atoms with Gasteiger partial charge < -0.3 is 9.47 Å². The molecule has 7 heteroatoms. The number of rotatable bonds is 7. The maximum atomic E-state index is 12.1. The third kappa shape index (κ3) is 4.41. The number of ether oxygens (including phenoxy) is 2. The minimum Gasteiger partial charge on any atom is -0.497 e. The second kappa shape index (κ2) is 7.14. The van der Waals surface area contributed by atoms with Gasteiger partial charge in [-0.25, -0.2) is 8.42 Å². The first-order valence-corrected chi connectivity index (χ1v) is 7.69. The zero-order valence-corrected chi connectivity index (χ0v) is 12.6. The molecule has 0 aliphatic carbocycles. The second-order valence-corrected chi connectivity index (χ2v) is 6.28. The lowest BCUT2D eigenvalue weighted by Crippen LogP contribution is -2.29. The molecule has 20 heavy (non-hydrogen) atoms. The number of esters is 1. The highest BCUT2D eigenvalue weighted by atomic mass is 32.2. The second-order valence-electron chi connectivity index (χ2n) is 4.16. The van der Waals surface area contributed by atoms with E-state index in [4.69, 9.17) is 4.74 Å². The Hall–Kier alpha value is -1.76. The molecule has 0 aliphatic rings. The third-order valence-corrected chi connectivity index (χ3v) is 4.69. The highest BCUT2D eigenvalue weighted by molar-refractivity contribution is 7.92. The number of carbonyl (C=O) groups is 1. The summed E-state index contributed by atoms with van der Waals surface area (Å²) in [5, 5.41) is 0. The number of methoxy groups -OCH3 is 2. The fourth-order valence-corrected chi connectivity index (χ4v) is 2.82. The van der Waals surface area contributed by atoms with Gasteiger partial charge in [-0.1, -0.05) is 6.07 Å². The Kier molecular flexibility index (Phi) is 5.82. The first kappa shape index (κ1) is 16.3. The predicted molar refractivity (Wildman–Crippen MR) is 76.4 cm³/mol. The van der Waals surface area contributed by atoms with Crippen LogP contribution in [-0.4, -0.2) is 41.4 Å². The normalized spacial score (nSPS) is 10.9. The van der Waals surface area contributed by atoms with E-state index >= 15 is 0 Å². The first-order valence-electron chi connectivity index (χ1n) is 6.08. The van der Waals surface area contributed by atoms with Crippen LogP contribution in [0.3, 0.4) is 0 Å².